The van der Waals surface area contributed by atoms with E-state index in [4.69, 9.17) is 5.11 Å². The Labute approximate surface area is 110 Å². The molecule has 0 fully saturated rings. The highest BCUT2D eigenvalue weighted by Gasteiger charge is 2.11. The third-order valence-electron chi connectivity index (χ3n) is 2.39. The molecule has 0 amide bonds. The molecule has 0 aliphatic heterocycles. The summed E-state index contributed by atoms with van der Waals surface area (Å²) in [5.74, 6) is -2.52. The van der Waals surface area contributed by atoms with Gasteiger partial charge in [0.2, 0.25) is 0 Å². The van der Waals surface area contributed by atoms with Crippen molar-refractivity contribution in [3.63, 3.8) is 0 Å². The van der Waals surface area contributed by atoms with E-state index in [1.54, 1.807) is 6.07 Å². The largest absolute Gasteiger partial charge is 0.478 e. The van der Waals surface area contributed by atoms with Crippen molar-refractivity contribution in [3.8, 4) is 11.1 Å². The number of carboxylic acid groups (broad SMARTS) is 1. The zero-order valence-electron chi connectivity index (χ0n) is 8.95. The van der Waals surface area contributed by atoms with Crippen molar-refractivity contribution in [2.24, 2.45) is 0 Å². The maximum absolute atomic E-state index is 13.1. The van der Waals surface area contributed by atoms with Gasteiger partial charge in [-0.2, -0.15) is 0 Å². The van der Waals surface area contributed by atoms with Crippen molar-refractivity contribution in [1.82, 2.24) is 0 Å². The highest BCUT2D eigenvalue weighted by atomic mass is 79.9. The van der Waals surface area contributed by atoms with Crippen LogP contribution in [0, 0.1) is 11.6 Å². The van der Waals surface area contributed by atoms with Crippen molar-refractivity contribution >= 4 is 21.9 Å². The molecule has 2 nitrogen and oxygen atoms in total. The molecule has 5 heteroatoms. The Morgan fingerprint density at radius 1 is 1.00 bits per heavy atom. The van der Waals surface area contributed by atoms with E-state index in [9.17, 15) is 13.6 Å². The zero-order chi connectivity index (χ0) is 13.3. The summed E-state index contributed by atoms with van der Waals surface area (Å²) in [5, 5.41) is 8.97. The predicted octanol–water partition coefficient (Wildman–Crippen LogP) is 4.09. The van der Waals surface area contributed by atoms with Crippen molar-refractivity contribution in [2.45, 2.75) is 0 Å². The van der Waals surface area contributed by atoms with Gasteiger partial charge in [-0.05, 0) is 51.3 Å². The maximum Gasteiger partial charge on any atom is 0.336 e. The lowest BCUT2D eigenvalue weighted by atomic mass is 10.0. The molecule has 18 heavy (non-hydrogen) atoms. The molecule has 0 spiro atoms. The first-order valence-electron chi connectivity index (χ1n) is 4.96. The SMILES string of the molecule is O=C(O)c1cc(-c2cc(F)cc(F)c2)ccc1Br. The highest BCUT2D eigenvalue weighted by Crippen LogP contribution is 2.26. The third kappa shape index (κ3) is 2.56. The summed E-state index contributed by atoms with van der Waals surface area (Å²) in [6.45, 7) is 0. The number of benzene rings is 2. The lowest BCUT2D eigenvalue weighted by Crippen LogP contribution is -1.98. The van der Waals surface area contributed by atoms with E-state index in [1.807, 2.05) is 0 Å². The van der Waals surface area contributed by atoms with Gasteiger partial charge < -0.3 is 5.11 Å². The van der Waals surface area contributed by atoms with Crippen molar-refractivity contribution in [2.75, 3.05) is 0 Å². The minimum Gasteiger partial charge on any atom is -0.478 e. The maximum atomic E-state index is 13.1. The topological polar surface area (TPSA) is 37.3 Å². The van der Waals surface area contributed by atoms with Gasteiger partial charge in [-0.25, -0.2) is 13.6 Å². The lowest BCUT2D eigenvalue weighted by molar-refractivity contribution is 0.0696. The van der Waals surface area contributed by atoms with Gasteiger partial charge in [-0.3, -0.25) is 0 Å². The van der Waals surface area contributed by atoms with Gasteiger partial charge >= 0.3 is 5.97 Å². The van der Waals surface area contributed by atoms with Crippen LogP contribution in [0.3, 0.4) is 0 Å². The van der Waals surface area contributed by atoms with Gasteiger partial charge in [0, 0.05) is 10.5 Å². The van der Waals surface area contributed by atoms with E-state index in [2.05, 4.69) is 15.9 Å². The van der Waals surface area contributed by atoms with Crippen molar-refractivity contribution in [1.29, 1.82) is 0 Å². The molecular formula is C13H7BrF2O2. The second-order valence-electron chi connectivity index (χ2n) is 3.66. The van der Waals surface area contributed by atoms with Crippen LogP contribution in [0.5, 0.6) is 0 Å². The Morgan fingerprint density at radius 2 is 1.61 bits per heavy atom. The molecule has 0 atom stereocenters. The molecule has 0 bridgehead atoms. The fourth-order valence-corrected chi connectivity index (χ4v) is 2.01. The van der Waals surface area contributed by atoms with Gasteiger partial charge in [-0.15, -0.1) is 0 Å². The van der Waals surface area contributed by atoms with Crippen LogP contribution in [-0.2, 0) is 0 Å². The molecule has 92 valence electrons. The minimum atomic E-state index is -1.11. The summed E-state index contributed by atoms with van der Waals surface area (Å²) >= 11 is 3.10. The van der Waals surface area contributed by atoms with E-state index in [1.165, 1.54) is 12.1 Å². The smallest absolute Gasteiger partial charge is 0.336 e. The molecule has 0 aliphatic rings. The molecule has 0 radical (unpaired) electrons. The van der Waals surface area contributed by atoms with Gasteiger partial charge in [0.05, 0.1) is 5.56 Å². The molecule has 2 rings (SSSR count). The molecule has 0 heterocycles. The Morgan fingerprint density at radius 3 is 2.17 bits per heavy atom. The summed E-state index contributed by atoms with van der Waals surface area (Å²) in [5.41, 5.74) is 0.772. The van der Waals surface area contributed by atoms with Crippen LogP contribution in [0.1, 0.15) is 10.4 Å². The molecule has 0 aliphatic carbocycles. The van der Waals surface area contributed by atoms with E-state index in [-0.39, 0.29) is 5.56 Å². The highest BCUT2D eigenvalue weighted by molar-refractivity contribution is 9.10. The summed E-state index contributed by atoms with van der Waals surface area (Å²) in [4.78, 5) is 11.0. The normalized spacial score (nSPS) is 10.4. The molecule has 2 aromatic rings. The first-order valence-corrected chi connectivity index (χ1v) is 5.76. The van der Waals surface area contributed by atoms with Crippen LogP contribution in [0.2, 0.25) is 0 Å². The Kier molecular flexibility index (Phi) is 3.43. The number of carbonyl (C=O) groups is 1. The molecular weight excluding hydrogens is 306 g/mol. The van der Waals surface area contributed by atoms with Crippen LogP contribution >= 0.6 is 15.9 Å². The first kappa shape index (κ1) is 12.7. The van der Waals surface area contributed by atoms with E-state index >= 15 is 0 Å². The van der Waals surface area contributed by atoms with Crippen LogP contribution < -0.4 is 0 Å². The number of rotatable bonds is 2. The Balaban J connectivity index is 2.57. The molecule has 0 unspecified atom stereocenters. The third-order valence-corrected chi connectivity index (χ3v) is 3.08. The summed E-state index contributed by atoms with van der Waals surface area (Å²) in [7, 11) is 0. The second kappa shape index (κ2) is 4.86. The molecule has 0 aromatic heterocycles. The second-order valence-corrected chi connectivity index (χ2v) is 4.51. The van der Waals surface area contributed by atoms with Gasteiger partial charge in [0.25, 0.3) is 0 Å². The van der Waals surface area contributed by atoms with Crippen molar-refractivity contribution in [3.05, 3.63) is 58.1 Å². The monoisotopic (exact) mass is 312 g/mol. The van der Waals surface area contributed by atoms with Gasteiger partial charge in [0.15, 0.2) is 0 Å². The quantitative estimate of drug-likeness (QED) is 0.906. The number of hydrogen-bond acceptors (Lipinski definition) is 1. The van der Waals surface area contributed by atoms with Crippen LogP contribution in [-0.4, -0.2) is 11.1 Å². The number of hydrogen-bond donors (Lipinski definition) is 1. The summed E-state index contributed by atoms with van der Waals surface area (Å²) in [6.07, 6.45) is 0. The van der Waals surface area contributed by atoms with Crippen LogP contribution in [0.25, 0.3) is 11.1 Å². The fraction of sp³-hybridized carbons (Fsp3) is 0. The van der Waals surface area contributed by atoms with Crippen LogP contribution in [0.15, 0.2) is 40.9 Å². The van der Waals surface area contributed by atoms with E-state index < -0.39 is 17.6 Å². The summed E-state index contributed by atoms with van der Waals surface area (Å²) in [6, 6.07) is 7.54. The van der Waals surface area contributed by atoms with Crippen molar-refractivity contribution < 1.29 is 18.7 Å². The molecule has 0 saturated heterocycles. The molecule has 1 N–H and O–H groups in total. The van der Waals surface area contributed by atoms with Gasteiger partial charge in [0.1, 0.15) is 11.6 Å². The zero-order valence-corrected chi connectivity index (χ0v) is 10.5. The average Bonchev–Trinajstić information content (AvgIpc) is 2.27. The van der Waals surface area contributed by atoms with Crippen LogP contribution in [0.4, 0.5) is 8.78 Å². The minimum absolute atomic E-state index is 0.0390. The first-order chi connectivity index (χ1) is 8.47. The van der Waals surface area contributed by atoms with Gasteiger partial charge in [-0.1, -0.05) is 6.07 Å². The summed E-state index contributed by atoms with van der Waals surface area (Å²) < 4.78 is 26.6. The number of aromatic carboxylic acids is 1. The Hall–Kier alpha value is -1.75. The average molecular weight is 313 g/mol. The molecule has 2 aromatic carbocycles. The Bertz CT molecular complexity index is 606. The number of carboxylic acids is 1. The predicted molar refractivity (Wildman–Crippen MR) is 66.5 cm³/mol. The standard InChI is InChI=1S/C13H7BrF2O2/c14-12-2-1-7(5-11(12)13(17)18)8-3-9(15)6-10(16)4-8/h1-6H,(H,17,18). The number of halogens is 3. The van der Waals surface area contributed by atoms with E-state index in [0.717, 1.165) is 18.2 Å². The fourth-order valence-electron chi connectivity index (χ4n) is 1.59. The molecule has 0 saturated carbocycles. The van der Waals surface area contributed by atoms with E-state index in [0.29, 0.717) is 15.6 Å². The lowest BCUT2D eigenvalue weighted by Gasteiger charge is -2.05.